The number of carbonyl (C=O) groups excluding carboxylic acids is 1. The Labute approximate surface area is 125 Å². The van der Waals surface area contributed by atoms with E-state index < -0.39 is 0 Å². The molecule has 1 amide bonds. The zero-order valence-electron chi connectivity index (χ0n) is 11.5. The van der Waals surface area contributed by atoms with Crippen molar-refractivity contribution in [3.8, 4) is 0 Å². The number of halogens is 1. The summed E-state index contributed by atoms with van der Waals surface area (Å²) >= 11 is 0. The average molecular weight is 293 g/mol. The molecule has 4 heteroatoms. The molecule has 20 heavy (non-hydrogen) atoms. The van der Waals surface area contributed by atoms with Crippen LogP contribution in [0.15, 0.2) is 18.2 Å². The van der Waals surface area contributed by atoms with Gasteiger partial charge in [-0.05, 0) is 60.9 Å². The topological polar surface area (TPSA) is 41.1 Å². The highest BCUT2D eigenvalue weighted by molar-refractivity contribution is 5.95. The summed E-state index contributed by atoms with van der Waals surface area (Å²) in [5.41, 5.74) is 3.72. The summed E-state index contributed by atoms with van der Waals surface area (Å²) in [5, 5.41) is 6.49. The first kappa shape index (κ1) is 13.9. The number of rotatable bonds is 2. The van der Waals surface area contributed by atoms with E-state index in [-0.39, 0.29) is 18.3 Å². The van der Waals surface area contributed by atoms with Crippen molar-refractivity contribution in [3.05, 3.63) is 29.3 Å². The monoisotopic (exact) mass is 292 g/mol. The highest BCUT2D eigenvalue weighted by atomic mass is 35.5. The van der Waals surface area contributed by atoms with E-state index in [0.29, 0.717) is 17.8 Å². The molecular weight excluding hydrogens is 272 g/mol. The molecule has 3 aliphatic rings. The quantitative estimate of drug-likeness (QED) is 0.880. The van der Waals surface area contributed by atoms with E-state index in [1.807, 2.05) is 0 Å². The van der Waals surface area contributed by atoms with E-state index in [9.17, 15) is 4.79 Å². The Morgan fingerprint density at radius 3 is 2.80 bits per heavy atom. The van der Waals surface area contributed by atoms with Crippen molar-refractivity contribution in [3.63, 3.8) is 0 Å². The predicted octanol–water partition coefficient (Wildman–Crippen LogP) is 2.74. The van der Waals surface area contributed by atoms with Crippen LogP contribution in [-0.2, 0) is 17.8 Å². The minimum atomic E-state index is 0. The third kappa shape index (κ3) is 2.33. The summed E-state index contributed by atoms with van der Waals surface area (Å²) < 4.78 is 0. The molecule has 0 radical (unpaired) electrons. The number of carbonyl (C=O) groups is 1. The van der Waals surface area contributed by atoms with Crippen molar-refractivity contribution in [1.82, 2.24) is 5.32 Å². The van der Waals surface area contributed by atoms with Gasteiger partial charge in [0.25, 0.3) is 0 Å². The number of nitrogens with one attached hydrogen (secondary N) is 2. The molecule has 0 saturated heterocycles. The van der Waals surface area contributed by atoms with Crippen molar-refractivity contribution < 1.29 is 4.79 Å². The smallest absolute Gasteiger partial charge is 0.228 e. The first-order valence-corrected chi connectivity index (χ1v) is 7.46. The molecule has 1 aromatic rings. The maximum atomic E-state index is 12.2. The summed E-state index contributed by atoms with van der Waals surface area (Å²) in [6.45, 7) is 1.98. The molecule has 0 aromatic heterocycles. The largest absolute Gasteiger partial charge is 0.326 e. The minimum absolute atomic E-state index is 0. The summed E-state index contributed by atoms with van der Waals surface area (Å²) in [4.78, 5) is 12.2. The molecule has 2 atom stereocenters. The SMILES string of the molecule is Cl.O=C(Nc1ccc2c(c1)CNCC2)C1C2CCCC21. The maximum absolute atomic E-state index is 12.2. The number of anilines is 1. The molecule has 1 aromatic carbocycles. The first-order chi connectivity index (χ1) is 9.33. The zero-order chi connectivity index (χ0) is 12.8. The zero-order valence-corrected chi connectivity index (χ0v) is 12.3. The molecule has 2 unspecified atom stereocenters. The lowest BCUT2D eigenvalue weighted by Crippen LogP contribution is -2.24. The molecule has 2 saturated carbocycles. The molecule has 1 aliphatic heterocycles. The summed E-state index contributed by atoms with van der Waals surface area (Å²) in [7, 11) is 0. The van der Waals surface area contributed by atoms with Crippen molar-refractivity contribution in [2.75, 3.05) is 11.9 Å². The summed E-state index contributed by atoms with van der Waals surface area (Å²) in [5.74, 6) is 1.94. The third-order valence-electron chi connectivity index (χ3n) is 5.07. The Morgan fingerprint density at radius 1 is 1.20 bits per heavy atom. The van der Waals surface area contributed by atoms with Gasteiger partial charge in [0.2, 0.25) is 5.91 Å². The van der Waals surface area contributed by atoms with Crippen molar-refractivity contribution >= 4 is 24.0 Å². The van der Waals surface area contributed by atoms with Crippen LogP contribution in [0.25, 0.3) is 0 Å². The van der Waals surface area contributed by atoms with Gasteiger partial charge < -0.3 is 10.6 Å². The average Bonchev–Trinajstić information content (AvgIpc) is 2.93. The molecule has 4 rings (SSSR count). The Morgan fingerprint density at radius 2 is 2.00 bits per heavy atom. The van der Waals surface area contributed by atoms with Gasteiger partial charge in [0, 0.05) is 18.2 Å². The predicted molar refractivity (Wildman–Crippen MR) is 82.1 cm³/mol. The van der Waals surface area contributed by atoms with Gasteiger partial charge >= 0.3 is 0 Å². The number of hydrogen-bond acceptors (Lipinski definition) is 2. The fraction of sp³-hybridized carbons (Fsp3) is 0.562. The van der Waals surface area contributed by atoms with Crippen LogP contribution in [0.4, 0.5) is 5.69 Å². The van der Waals surface area contributed by atoms with Gasteiger partial charge in [0.1, 0.15) is 0 Å². The van der Waals surface area contributed by atoms with E-state index in [4.69, 9.17) is 0 Å². The molecule has 1 heterocycles. The van der Waals surface area contributed by atoms with Crippen LogP contribution in [0.1, 0.15) is 30.4 Å². The summed E-state index contributed by atoms with van der Waals surface area (Å²) in [6, 6.07) is 6.36. The van der Waals surface area contributed by atoms with Gasteiger partial charge in [-0.3, -0.25) is 4.79 Å². The fourth-order valence-electron chi connectivity index (χ4n) is 3.99. The van der Waals surface area contributed by atoms with Crippen molar-refractivity contribution in [2.45, 2.75) is 32.2 Å². The maximum Gasteiger partial charge on any atom is 0.228 e. The van der Waals surface area contributed by atoms with Crippen LogP contribution in [0.2, 0.25) is 0 Å². The Hall–Kier alpha value is -1.06. The van der Waals surface area contributed by atoms with E-state index in [1.54, 1.807) is 0 Å². The Balaban J connectivity index is 0.00000121. The van der Waals surface area contributed by atoms with Gasteiger partial charge in [-0.2, -0.15) is 0 Å². The van der Waals surface area contributed by atoms with Gasteiger partial charge in [-0.1, -0.05) is 12.5 Å². The highest BCUT2D eigenvalue weighted by Crippen LogP contribution is 2.57. The lowest BCUT2D eigenvalue weighted by Gasteiger charge is -2.18. The number of benzene rings is 1. The van der Waals surface area contributed by atoms with Crippen LogP contribution >= 0.6 is 12.4 Å². The molecule has 0 bridgehead atoms. The number of fused-ring (bicyclic) bond motifs is 2. The van der Waals surface area contributed by atoms with E-state index in [1.165, 1.54) is 30.4 Å². The van der Waals surface area contributed by atoms with Gasteiger partial charge in [0.05, 0.1) is 0 Å². The third-order valence-corrected chi connectivity index (χ3v) is 5.07. The van der Waals surface area contributed by atoms with Gasteiger partial charge in [-0.25, -0.2) is 0 Å². The van der Waals surface area contributed by atoms with E-state index >= 15 is 0 Å². The second-order valence-electron chi connectivity index (χ2n) is 6.18. The highest BCUT2D eigenvalue weighted by Gasteiger charge is 2.56. The second-order valence-corrected chi connectivity index (χ2v) is 6.18. The Bertz CT molecular complexity index is 521. The number of amides is 1. The molecule has 2 N–H and O–H groups in total. The molecule has 108 valence electrons. The lowest BCUT2D eigenvalue weighted by atomic mass is 10.0. The minimum Gasteiger partial charge on any atom is -0.326 e. The first-order valence-electron chi connectivity index (χ1n) is 7.46. The second kappa shape index (κ2) is 5.38. The molecular formula is C16H21ClN2O. The molecule has 3 nitrogen and oxygen atoms in total. The lowest BCUT2D eigenvalue weighted by molar-refractivity contribution is -0.118. The van der Waals surface area contributed by atoms with Gasteiger partial charge in [-0.15, -0.1) is 12.4 Å². The molecule has 2 aliphatic carbocycles. The van der Waals surface area contributed by atoms with Crippen LogP contribution in [0.5, 0.6) is 0 Å². The van der Waals surface area contributed by atoms with Crippen LogP contribution in [0.3, 0.4) is 0 Å². The van der Waals surface area contributed by atoms with E-state index in [2.05, 4.69) is 28.8 Å². The fourth-order valence-corrected chi connectivity index (χ4v) is 3.99. The normalized spacial score (nSPS) is 29.9. The van der Waals surface area contributed by atoms with Crippen LogP contribution < -0.4 is 10.6 Å². The van der Waals surface area contributed by atoms with Crippen LogP contribution in [0, 0.1) is 17.8 Å². The van der Waals surface area contributed by atoms with Crippen molar-refractivity contribution in [1.29, 1.82) is 0 Å². The number of hydrogen-bond donors (Lipinski definition) is 2. The molecule has 2 fully saturated rings. The van der Waals surface area contributed by atoms with Crippen LogP contribution in [-0.4, -0.2) is 12.5 Å². The summed E-state index contributed by atoms with van der Waals surface area (Å²) in [6.07, 6.45) is 4.94. The standard InChI is InChI=1S/C16H20N2O.ClH/c19-16(15-13-2-1-3-14(13)15)18-12-5-4-10-6-7-17-9-11(10)8-12;/h4-5,8,13-15,17H,1-3,6-7,9H2,(H,18,19);1H. The van der Waals surface area contributed by atoms with Gasteiger partial charge in [0.15, 0.2) is 0 Å². The Kier molecular flexibility index (Phi) is 3.74. The van der Waals surface area contributed by atoms with E-state index in [0.717, 1.165) is 25.2 Å². The molecule has 0 spiro atoms. The van der Waals surface area contributed by atoms with Crippen molar-refractivity contribution in [2.24, 2.45) is 17.8 Å².